The van der Waals surface area contributed by atoms with Gasteiger partial charge in [-0.3, -0.25) is 19.3 Å². The first kappa shape index (κ1) is 13.7. The van der Waals surface area contributed by atoms with E-state index in [2.05, 4.69) is 5.32 Å². The van der Waals surface area contributed by atoms with Crippen LogP contribution in [0, 0.1) is 0 Å². The largest absolute Gasteiger partial charge is 0.397 e. The van der Waals surface area contributed by atoms with Crippen molar-refractivity contribution in [3.05, 3.63) is 18.0 Å². The number of hydrogen-bond acceptors (Lipinski definition) is 4. The molecule has 0 bridgehead atoms. The molecule has 1 aromatic heterocycles. The van der Waals surface area contributed by atoms with Gasteiger partial charge in [0.05, 0.1) is 5.69 Å². The normalized spacial score (nSPS) is 22.5. The number of nitrogens with two attached hydrogens (primary N) is 1. The third kappa shape index (κ3) is 2.51. The summed E-state index contributed by atoms with van der Waals surface area (Å²) in [5, 5.41) is 2.71. The molecule has 7 heteroatoms. The summed E-state index contributed by atoms with van der Waals surface area (Å²) in [6.45, 7) is 0. The number of aromatic nitrogens is 1. The fourth-order valence-corrected chi connectivity index (χ4v) is 2.62. The highest BCUT2D eigenvalue weighted by molar-refractivity contribution is 6.03. The van der Waals surface area contributed by atoms with Crippen molar-refractivity contribution in [2.24, 2.45) is 0 Å². The number of carbonyl (C=O) groups is 3. The van der Waals surface area contributed by atoms with Crippen molar-refractivity contribution >= 4 is 23.4 Å². The first-order chi connectivity index (χ1) is 9.97. The lowest BCUT2D eigenvalue weighted by Gasteiger charge is -2.28. The van der Waals surface area contributed by atoms with E-state index in [-0.39, 0.29) is 24.1 Å². The molecule has 0 radical (unpaired) electrons. The SMILES string of the molecule is CN1C(=O)CCC(NC(=O)c2cc(N)cn2C2CC2)C1=O. The van der Waals surface area contributed by atoms with Crippen molar-refractivity contribution in [2.75, 3.05) is 12.8 Å². The Morgan fingerprint density at radius 3 is 2.71 bits per heavy atom. The van der Waals surface area contributed by atoms with Crippen LogP contribution < -0.4 is 11.1 Å². The number of nitrogens with zero attached hydrogens (tertiary/aromatic N) is 2. The lowest BCUT2D eigenvalue weighted by atomic mass is 10.0. The molecule has 1 aliphatic heterocycles. The average molecular weight is 290 g/mol. The van der Waals surface area contributed by atoms with Crippen molar-refractivity contribution < 1.29 is 14.4 Å². The van der Waals surface area contributed by atoms with E-state index in [1.165, 1.54) is 7.05 Å². The number of amides is 3. The Balaban J connectivity index is 1.74. The highest BCUT2D eigenvalue weighted by Gasteiger charge is 2.34. The fraction of sp³-hybridized carbons (Fsp3) is 0.500. The highest BCUT2D eigenvalue weighted by atomic mass is 16.2. The van der Waals surface area contributed by atoms with Gasteiger partial charge in [0.25, 0.3) is 11.8 Å². The van der Waals surface area contributed by atoms with Crippen molar-refractivity contribution in [1.82, 2.24) is 14.8 Å². The predicted molar refractivity (Wildman–Crippen MR) is 75.4 cm³/mol. The van der Waals surface area contributed by atoms with E-state index in [4.69, 9.17) is 5.73 Å². The third-order valence-corrected chi connectivity index (χ3v) is 4.00. The topological polar surface area (TPSA) is 97.4 Å². The maximum absolute atomic E-state index is 12.4. The van der Waals surface area contributed by atoms with Gasteiger partial charge in [0, 0.05) is 25.7 Å². The van der Waals surface area contributed by atoms with E-state index in [1.54, 1.807) is 12.3 Å². The lowest BCUT2D eigenvalue weighted by Crippen LogP contribution is -2.53. The molecule has 1 atom stereocenters. The zero-order valence-corrected chi connectivity index (χ0v) is 11.8. The van der Waals surface area contributed by atoms with Crippen LogP contribution in [0.3, 0.4) is 0 Å². The Morgan fingerprint density at radius 1 is 1.33 bits per heavy atom. The van der Waals surface area contributed by atoms with Gasteiger partial charge in [0.2, 0.25) is 5.91 Å². The van der Waals surface area contributed by atoms with Crippen LogP contribution in [0.15, 0.2) is 12.3 Å². The minimum atomic E-state index is -0.649. The van der Waals surface area contributed by atoms with Gasteiger partial charge >= 0.3 is 0 Å². The zero-order valence-electron chi connectivity index (χ0n) is 11.8. The number of imide groups is 1. The molecule has 0 aromatic carbocycles. The molecular weight excluding hydrogens is 272 g/mol. The van der Waals surface area contributed by atoms with E-state index in [0.29, 0.717) is 23.8 Å². The number of piperidine rings is 1. The second kappa shape index (κ2) is 4.91. The molecule has 2 aliphatic rings. The number of nitrogen functional groups attached to an aromatic ring is 1. The average Bonchev–Trinajstić information content (AvgIpc) is 3.22. The number of anilines is 1. The smallest absolute Gasteiger partial charge is 0.268 e. The Kier molecular flexibility index (Phi) is 3.19. The molecule has 1 saturated carbocycles. The van der Waals surface area contributed by atoms with Crippen molar-refractivity contribution in [3.63, 3.8) is 0 Å². The van der Waals surface area contributed by atoms with E-state index in [0.717, 1.165) is 17.7 Å². The van der Waals surface area contributed by atoms with E-state index < -0.39 is 6.04 Å². The number of hydrogen-bond donors (Lipinski definition) is 2. The summed E-state index contributed by atoms with van der Waals surface area (Å²) in [5.41, 5.74) is 6.77. The van der Waals surface area contributed by atoms with Gasteiger partial charge in [-0.05, 0) is 25.3 Å². The van der Waals surface area contributed by atoms with Crippen LogP contribution in [0.5, 0.6) is 0 Å². The highest BCUT2D eigenvalue weighted by Crippen LogP contribution is 2.37. The van der Waals surface area contributed by atoms with Crippen LogP contribution in [0.2, 0.25) is 0 Å². The molecule has 2 heterocycles. The summed E-state index contributed by atoms with van der Waals surface area (Å²) in [6, 6.07) is 1.30. The number of nitrogens with one attached hydrogen (secondary N) is 1. The molecule has 1 unspecified atom stereocenters. The number of likely N-dealkylation sites (tertiary alicyclic amines) is 1. The summed E-state index contributed by atoms with van der Waals surface area (Å²) in [5.74, 6) is -0.895. The van der Waals surface area contributed by atoms with Crippen LogP contribution >= 0.6 is 0 Å². The number of carbonyl (C=O) groups excluding carboxylic acids is 3. The fourth-order valence-electron chi connectivity index (χ4n) is 2.62. The Hall–Kier alpha value is -2.31. The minimum absolute atomic E-state index is 0.212. The van der Waals surface area contributed by atoms with Gasteiger partial charge in [-0.2, -0.15) is 0 Å². The number of rotatable bonds is 3. The monoisotopic (exact) mass is 290 g/mol. The van der Waals surface area contributed by atoms with Gasteiger partial charge in [-0.1, -0.05) is 0 Å². The Bertz CT molecular complexity index is 618. The van der Waals surface area contributed by atoms with Crippen molar-refractivity contribution in [2.45, 2.75) is 37.8 Å². The molecule has 21 heavy (non-hydrogen) atoms. The molecule has 1 aromatic rings. The second-order valence-electron chi connectivity index (χ2n) is 5.65. The molecule has 7 nitrogen and oxygen atoms in total. The van der Waals surface area contributed by atoms with E-state index in [1.807, 2.05) is 4.57 Å². The first-order valence-electron chi connectivity index (χ1n) is 7.06. The Labute approximate surface area is 122 Å². The summed E-state index contributed by atoms with van der Waals surface area (Å²) in [4.78, 5) is 36.9. The van der Waals surface area contributed by atoms with Crippen LogP contribution in [-0.2, 0) is 9.59 Å². The molecule has 3 amide bonds. The maximum atomic E-state index is 12.4. The predicted octanol–water partition coefficient (Wildman–Crippen LogP) is 0.282. The first-order valence-corrected chi connectivity index (χ1v) is 7.06. The van der Waals surface area contributed by atoms with Crippen LogP contribution in [0.1, 0.15) is 42.2 Å². The van der Waals surface area contributed by atoms with Crippen LogP contribution in [0.25, 0.3) is 0 Å². The number of likely N-dealkylation sites (N-methyl/N-ethyl adjacent to an activating group) is 1. The molecule has 112 valence electrons. The van der Waals surface area contributed by atoms with Gasteiger partial charge in [-0.15, -0.1) is 0 Å². The third-order valence-electron chi connectivity index (χ3n) is 4.00. The quantitative estimate of drug-likeness (QED) is 0.781. The molecule has 1 aliphatic carbocycles. The summed E-state index contributed by atoms with van der Waals surface area (Å²) in [6.07, 6.45) is 4.43. The van der Waals surface area contributed by atoms with Crippen molar-refractivity contribution in [1.29, 1.82) is 0 Å². The standard InChI is InChI=1S/C14H18N4O3/c1-17-12(19)5-4-10(14(17)21)16-13(20)11-6-8(15)7-18(11)9-2-3-9/h6-7,9-10H,2-5,15H2,1H3,(H,16,20). The molecule has 3 rings (SSSR count). The van der Waals surface area contributed by atoms with Gasteiger partial charge in [-0.25, -0.2) is 0 Å². The molecule has 1 saturated heterocycles. The molecule has 3 N–H and O–H groups in total. The Morgan fingerprint density at radius 2 is 2.05 bits per heavy atom. The maximum Gasteiger partial charge on any atom is 0.268 e. The summed E-state index contributed by atoms with van der Waals surface area (Å²) < 4.78 is 1.87. The summed E-state index contributed by atoms with van der Waals surface area (Å²) >= 11 is 0. The van der Waals surface area contributed by atoms with Crippen LogP contribution in [0.4, 0.5) is 5.69 Å². The van der Waals surface area contributed by atoms with Gasteiger partial charge in [0.1, 0.15) is 11.7 Å². The minimum Gasteiger partial charge on any atom is -0.397 e. The molecular formula is C14H18N4O3. The zero-order chi connectivity index (χ0) is 15.1. The molecule has 0 spiro atoms. The lowest BCUT2D eigenvalue weighted by molar-refractivity contribution is -0.147. The molecule has 2 fully saturated rings. The summed E-state index contributed by atoms with van der Waals surface area (Å²) in [7, 11) is 1.44. The van der Waals surface area contributed by atoms with E-state index in [9.17, 15) is 14.4 Å². The second-order valence-corrected chi connectivity index (χ2v) is 5.65. The van der Waals surface area contributed by atoms with Crippen LogP contribution in [-0.4, -0.2) is 40.3 Å². The van der Waals surface area contributed by atoms with Crippen molar-refractivity contribution in [3.8, 4) is 0 Å². The van der Waals surface area contributed by atoms with Gasteiger partial charge in [0.15, 0.2) is 0 Å². The van der Waals surface area contributed by atoms with E-state index >= 15 is 0 Å². The van der Waals surface area contributed by atoms with Gasteiger partial charge < -0.3 is 15.6 Å².